The molecule has 2 aromatic heterocycles. The third-order valence-electron chi connectivity index (χ3n) is 8.96. The van der Waals surface area contributed by atoms with Crippen LogP contribution in [-0.4, -0.2) is 57.9 Å². The van der Waals surface area contributed by atoms with E-state index in [1.54, 1.807) is 12.3 Å². The van der Waals surface area contributed by atoms with E-state index >= 15 is 0 Å². The van der Waals surface area contributed by atoms with Gasteiger partial charge in [-0.25, -0.2) is 15.0 Å². The van der Waals surface area contributed by atoms with Gasteiger partial charge in [-0.1, -0.05) is 25.8 Å². The number of unbranched alkanes of at least 4 members (excludes halogenated alkanes) is 2. The number of hydrogen-bond donors (Lipinski definition) is 3. The molecular weight excluding hydrogens is 526 g/mol. The van der Waals surface area contributed by atoms with Gasteiger partial charge in [-0.3, -0.25) is 9.59 Å². The van der Waals surface area contributed by atoms with Crippen molar-refractivity contribution in [2.24, 2.45) is 22.1 Å². The number of nitrogens with one attached hydrogen (secondary N) is 2. The minimum absolute atomic E-state index is 0.0962. The first-order chi connectivity index (χ1) is 20.4. The van der Waals surface area contributed by atoms with Crippen LogP contribution in [0.25, 0.3) is 22.2 Å². The van der Waals surface area contributed by atoms with Gasteiger partial charge in [0.2, 0.25) is 5.91 Å². The van der Waals surface area contributed by atoms with E-state index in [9.17, 15) is 9.59 Å². The highest BCUT2D eigenvalue weighted by molar-refractivity contribution is 5.86. The predicted octanol–water partition coefficient (Wildman–Crippen LogP) is 5.62. The van der Waals surface area contributed by atoms with Crippen LogP contribution in [0.2, 0.25) is 0 Å². The van der Waals surface area contributed by atoms with Gasteiger partial charge in [0.25, 0.3) is 0 Å². The molecule has 3 aromatic rings. The maximum atomic E-state index is 13.5. The Labute approximate surface area is 248 Å². The van der Waals surface area contributed by atoms with Crippen LogP contribution in [0.15, 0.2) is 53.8 Å². The molecular formula is C33H43N7O2. The molecule has 1 spiro atoms. The molecule has 1 aliphatic heterocycles. The summed E-state index contributed by atoms with van der Waals surface area (Å²) in [6.07, 6.45) is 14.5. The molecule has 1 amide bonds. The number of ketones is 1. The van der Waals surface area contributed by atoms with Gasteiger partial charge in [0.15, 0.2) is 5.82 Å². The van der Waals surface area contributed by atoms with Gasteiger partial charge in [-0.05, 0) is 94.2 Å². The molecule has 3 heterocycles. The standard InChI is InChI=1S/C33H43N7O2/c1-3-25(41)8-5-4-6-9-28(39-32(42)26-21-33(26)14-18-40(2)19-15-33)31-36-22-29(38-31)24-10-12-27-23(20-24)11-13-30(37-27)35-17-7-16-34/h7,10-13,16-17,20,22,26,28H,3-6,8-9,14-15,18-19,21,34H2,1-2H3,(H,36,38)(H,39,42)/t26-,28+/m1/s1. The van der Waals surface area contributed by atoms with Crippen LogP contribution >= 0.6 is 0 Å². The summed E-state index contributed by atoms with van der Waals surface area (Å²) in [6.45, 7) is 4.04. The van der Waals surface area contributed by atoms with Crippen LogP contribution in [0, 0.1) is 11.3 Å². The molecule has 0 unspecified atom stereocenters. The lowest BCUT2D eigenvalue weighted by atomic mass is 9.91. The van der Waals surface area contributed by atoms with E-state index in [1.807, 2.05) is 37.4 Å². The highest BCUT2D eigenvalue weighted by atomic mass is 16.2. The van der Waals surface area contributed by atoms with Crippen molar-refractivity contribution in [1.29, 1.82) is 0 Å². The van der Waals surface area contributed by atoms with Crippen LogP contribution in [0.4, 0.5) is 5.82 Å². The fraction of sp³-hybridized carbons (Fsp3) is 0.485. The molecule has 2 fully saturated rings. The first kappa shape index (κ1) is 29.6. The highest BCUT2D eigenvalue weighted by Gasteiger charge is 2.58. The van der Waals surface area contributed by atoms with Crippen LogP contribution in [0.3, 0.4) is 0 Å². The Balaban J connectivity index is 1.28. The molecule has 5 rings (SSSR count). The number of aromatic nitrogens is 3. The maximum Gasteiger partial charge on any atom is 0.224 e. The third-order valence-corrected chi connectivity index (χ3v) is 8.96. The lowest BCUT2D eigenvalue weighted by molar-refractivity contribution is -0.124. The number of carbonyl (C=O) groups excluding carboxylic acids is 2. The third kappa shape index (κ3) is 7.13. The number of nitrogens with zero attached hydrogens (tertiary/aromatic N) is 4. The molecule has 42 heavy (non-hydrogen) atoms. The van der Waals surface area contributed by atoms with Crippen molar-refractivity contribution in [3.8, 4) is 11.3 Å². The molecule has 4 N–H and O–H groups in total. The van der Waals surface area contributed by atoms with Gasteiger partial charge in [0, 0.05) is 35.9 Å². The molecule has 1 saturated heterocycles. The summed E-state index contributed by atoms with van der Waals surface area (Å²) in [5.74, 6) is 1.95. The summed E-state index contributed by atoms with van der Waals surface area (Å²) in [5, 5.41) is 4.36. The van der Waals surface area contributed by atoms with Crippen molar-refractivity contribution in [1.82, 2.24) is 25.2 Å². The molecule has 2 aliphatic rings. The Morgan fingerprint density at radius 1 is 1.21 bits per heavy atom. The van der Waals surface area contributed by atoms with E-state index in [-0.39, 0.29) is 23.3 Å². The molecule has 2 atom stereocenters. The second-order valence-electron chi connectivity index (χ2n) is 11.9. The van der Waals surface area contributed by atoms with Gasteiger partial charge in [-0.15, -0.1) is 0 Å². The number of benzene rings is 1. The normalized spacial score (nSPS) is 19.1. The van der Waals surface area contributed by atoms with Crippen molar-refractivity contribution in [2.75, 3.05) is 20.1 Å². The summed E-state index contributed by atoms with van der Waals surface area (Å²) in [6, 6.07) is 9.77. The Kier molecular flexibility index (Phi) is 9.47. The summed E-state index contributed by atoms with van der Waals surface area (Å²) < 4.78 is 0. The van der Waals surface area contributed by atoms with Crippen molar-refractivity contribution in [2.45, 2.75) is 70.8 Å². The van der Waals surface area contributed by atoms with Gasteiger partial charge in [-0.2, -0.15) is 0 Å². The molecule has 1 aromatic carbocycles. The van der Waals surface area contributed by atoms with Crippen molar-refractivity contribution >= 4 is 34.6 Å². The number of allylic oxidation sites excluding steroid dienone is 1. The second-order valence-corrected chi connectivity index (χ2v) is 11.9. The van der Waals surface area contributed by atoms with Crippen molar-refractivity contribution < 1.29 is 9.59 Å². The highest BCUT2D eigenvalue weighted by Crippen LogP contribution is 2.59. The minimum atomic E-state index is -0.192. The van der Waals surface area contributed by atoms with E-state index in [0.717, 1.165) is 86.0 Å². The molecule has 1 aliphatic carbocycles. The summed E-state index contributed by atoms with van der Waals surface area (Å²) in [4.78, 5) is 44.7. The van der Waals surface area contributed by atoms with E-state index in [0.29, 0.717) is 24.4 Å². The number of aromatic amines is 1. The molecule has 0 radical (unpaired) electrons. The largest absolute Gasteiger partial charge is 0.405 e. The number of pyridine rings is 1. The average molecular weight is 570 g/mol. The lowest BCUT2D eigenvalue weighted by Crippen LogP contribution is -2.36. The lowest BCUT2D eigenvalue weighted by Gasteiger charge is -2.30. The average Bonchev–Trinajstić information content (AvgIpc) is 3.48. The number of imidazole rings is 1. The number of piperidine rings is 1. The van der Waals surface area contributed by atoms with E-state index < -0.39 is 0 Å². The van der Waals surface area contributed by atoms with Gasteiger partial charge < -0.3 is 20.9 Å². The number of Topliss-reactive ketones (excluding diaryl/α,β-unsaturated/α-hetero) is 1. The topological polar surface area (TPSA) is 129 Å². The maximum absolute atomic E-state index is 13.5. The zero-order chi connectivity index (χ0) is 29.5. The molecule has 0 bridgehead atoms. The summed E-state index contributed by atoms with van der Waals surface area (Å²) in [5.41, 5.74) is 8.30. The van der Waals surface area contributed by atoms with Gasteiger partial charge in [0.1, 0.15) is 11.6 Å². The fourth-order valence-electron chi connectivity index (χ4n) is 6.09. The van der Waals surface area contributed by atoms with Crippen LogP contribution in [0.1, 0.15) is 76.6 Å². The summed E-state index contributed by atoms with van der Waals surface area (Å²) in [7, 11) is 2.16. The smallest absolute Gasteiger partial charge is 0.224 e. The van der Waals surface area contributed by atoms with E-state index in [1.165, 1.54) is 6.20 Å². The number of likely N-dealkylation sites (tertiary alicyclic amines) is 1. The monoisotopic (exact) mass is 569 g/mol. The quantitative estimate of drug-likeness (QED) is 0.181. The Hall–Kier alpha value is -3.85. The van der Waals surface area contributed by atoms with Crippen molar-refractivity contribution in [3.05, 3.63) is 54.6 Å². The van der Waals surface area contributed by atoms with Gasteiger partial charge in [0.05, 0.1) is 23.4 Å². The number of carbonyl (C=O) groups is 2. The first-order valence-corrected chi connectivity index (χ1v) is 15.3. The fourth-order valence-corrected chi connectivity index (χ4v) is 6.09. The number of fused-ring (bicyclic) bond motifs is 1. The van der Waals surface area contributed by atoms with E-state index in [2.05, 4.69) is 38.3 Å². The first-order valence-electron chi connectivity index (χ1n) is 15.3. The second kappa shape index (κ2) is 13.4. The molecule has 1 saturated carbocycles. The van der Waals surface area contributed by atoms with E-state index in [4.69, 9.17) is 10.7 Å². The van der Waals surface area contributed by atoms with Gasteiger partial charge >= 0.3 is 0 Å². The number of hydrogen-bond acceptors (Lipinski definition) is 7. The van der Waals surface area contributed by atoms with Crippen molar-refractivity contribution in [3.63, 3.8) is 0 Å². The van der Waals surface area contributed by atoms with Crippen LogP contribution in [0.5, 0.6) is 0 Å². The number of nitrogens with two attached hydrogens (primary N) is 1. The molecule has 222 valence electrons. The minimum Gasteiger partial charge on any atom is -0.405 e. The molecule has 9 nitrogen and oxygen atoms in total. The van der Waals surface area contributed by atoms with Crippen LogP contribution < -0.4 is 11.1 Å². The number of rotatable bonds is 13. The van der Waals surface area contributed by atoms with Crippen LogP contribution in [-0.2, 0) is 9.59 Å². The number of H-pyrrole nitrogens is 1. The SMILES string of the molecule is CCC(=O)CCCCC[C@H](NC(=O)[C@H]1CC12CCN(C)CC2)c1ncc(-c2ccc3nc(N=CC=CN)ccc3c2)[nH]1. The zero-order valence-electron chi connectivity index (χ0n) is 24.8. The number of aliphatic imine (C=N–C) groups is 1. The Bertz CT molecular complexity index is 1450. The zero-order valence-corrected chi connectivity index (χ0v) is 24.8. The Morgan fingerprint density at radius 3 is 2.83 bits per heavy atom. The predicted molar refractivity (Wildman–Crippen MR) is 167 cm³/mol. The molecule has 9 heteroatoms. The Morgan fingerprint density at radius 2 is 2.05 bits per heavy atom. The number of amides is 1. The summed E-state index contributed by atoms with van der Waals surface area (Å²) >= 11 is 0.